The number of nitrogens with zero attached hydrogens (tertiary/aromatic N) is 1. The molecule has 2 rings (SSSR count). The maximum absolute atomic E-state index is 12.0. The van der Waals surface area contributed by atoms with E-state index in [0.717, 1.165) is 0 Å². The summed E-state index contributed by atoms with van der Waals surface area (Å²) in [6.07, 6.45) is 1.36. The predicted molar refractivity (Wildman–Crippen MR) is 59.9 cm³/mol. The van der Waals surface area contributed by atoms with Crippen molar-refractivity contribution in [3.63, 3.8) is 0 Å². The van der Waals surface area contributed by atoms with Gasteiger partial charge in [-0.1, -0.05) is 5.16 Å². The van der Waals surface area contributed by atoms with Crippen LogP contribution in [0.15, 0.2) is 32.2 Å². The summed E-state index contributed by atoms with van der Waals surface area (Å²) >= 11 is 0. The van der Waals surface area contributed by atoms with E-state index in [1.54, 1.807) is 6.07 Å². The SMILES string of the molecule is Cc1oc(CO)cc1S(=O)(=O)NCc1ccon1. The summed E-state index contributed by atoms with van der Waals surface area (Å²) in [6.45, 7) is 1.20. The Morgan fingerprint density at radius 1 is 1.50 bits per heavy atom. The smallest absolute Gasteiger partial charge is 0.244 e. The number of hydrogen-bond donors (Lipinski definition) is 2. The Bertz CT molecular complexity index is 615. The molecule has 8 heteroatoms. The maximum Gasteiger partial charge on any atom is 0.244 e. The number of aromatic nitrogens is 1. The third-order valence-electron chi connectivity index (χ3n) is 2.30. The van der Waals surface area contributed by atoms with Gasteiger partial charge in [0.2, 0.25) is 10.0 Å². The van der Waals surface area contributed by atoms with Gasteiger partial charge in [0, 0.05) is 12.1 Å². The summed E-state index contributed by atoms with van der Waals surface area (Å²) in [4.78, 5) is 0.00930. The number of sulfonamides is 1. The molecule has 0 unspecified atom stereocenters. The van der Waals surface area contributed by atoms with Crippen molar-refractivity contribution in [2.24, 2.45) is 0 Å². The third kappa shape index (κ3) is 2.61. The van der Waals surface area contributed by atoms with Crippen molar-refractivity contribution in [2.45, 2.75) is 25.0 Å². The van der Waals surface area contributed by atoms with Gasteiger partial charge in [0.1, 0.15) is 29.3 Å². The van der Waals surface area contributed by atoms with Gasteiger partial charge >= 0.3 is 0 Å². The van der Waals surface area contributed by atoms with Gasteiger partial charge in [0.15, 0.2) is 0 Å². The van der Waals surface area contributed by atoms with Crippen LogP contribution in [0.3, 0.4) is 0 Å². The quantitative estimate of drug-likeness (QED) is 0.823. The lowest BCUT2D eigenvalue weighted by molar-refractivity contribution is 0.244. The molecule has 2 heterocycles. The van der Waals surface area contributed by atoms with Gasteiger partial charge in [-0.3, -0.25) is 0 Å². The lowest BCUT2D eigenvalue weighted by Gasteiger charge is -2.02. The zero-order valence-electron chi connectivity index (χ0n) is 9.58. The van der Waals surface area contributed by atoms with Crippen molar-refractivity contribution >= 4 is 10.0 Å². The van der Waals surface area contributed by atoms with E-state index in [-0.39, 0.29) is 29.6 Å². The fraction of sp³-hybridized carbons (Fsp3) is 0.300. The van der Waals surface area contributed by atoms with E-state index < -0.39 is 10.0 Å². The molecule has 0 aliphatic heterocycles. The molecular formula is C10H12N2O5S. The minimum atomic E-state index is -3.69. The molecule has 2 N–H and O–H groups in total. The number of hydrogen-bond acceptors (Lipinski definition) is 6. The van der Waals surface area contributed by atoms with Crippen LogP contribution in [0.5, 0.6) is 0 Å². The molecule has 0 atom stereocenters. The van der Waals surface area contributed by atoms with E-state index in [0.29, 0.717) is 5.69 Å². The molecule has 0 aliphatic carbocycles. The Morgan fingerprint density at radius 2 is 2.28 bits per heavy atom. The average molecular weight is 272 g/mol. The fourth-order valence-corrected chi connectivity index (χ4v) is 2.64. The second-order valence-corrected chi connectivity index (χ2v) is 5.34. The Morgan fingerprint density at radius 3 is 2.83 bits per heavy atom. The van der Waals surface area contributed by atoms with E-state index in [9.17, 15) is 8.42 Å². The Balaban J connectivity index is 2.17. The van der Waals surface area contributed by atoms with Crippen LogP contribution in [0.4, 0.5) is 0 Å². The number of nitrogens with one attached hydrogen (secondary N) is 1. The van der Waals surface area contributed by atoms with Crippen LogP contribution in [0, 0.1) is 6.92 Å². The highest BCUT2D eigenvalue weighted by atomic mass is 32.2. The molecule has 98 valence electrons. The number of rotatable bonds is 5. The van der Waals surface area contributed by atoms with Crippen LogP contribution in [0.2, 0.25) is 0 Å². The van der Waals surface area contributed by atoms with Crippen LogP contribution in [0.1, 0.15) is 17.2 Å². The van der Waals surface area contributed by atoms with Crippen molar-refractivity contribution in [3.05, 3.63) is 35.6 Å². The second kappa shape index (κ2) is 4.92. The largest absolute Gasteiger partial charge is 0.462 e. The van der Waals surface area contributed by atoms with Crippen LogP contribution in [-0.4, -0.2) is 18.7 Å². The number of aryl methyl sites for hydroxylation is 1. The second-order valence-electron chi connectivity index (χ2n) is 3.61. The summed E-state index contributed by atoms with van der Waals surface area (Å²) in [5.74, 6) is 0.431. The molecule has 0 aliphatic rings. The van der Waals surface area contributed by atoms with E-state index in [4.69, 9.17) is 9.52 Å². The molecule has 0 saturated carbocycles. The van der Waals surface area contributed by atoms with Crippen molar-refractivity contribution in [2.75, 3.05) is 0 Å². The topological polar surface area (TPSA) is 106 Å². The fourth-order valence-electron chi connectivity index (χ4n) is 1.44. The zero-order chi connectivity index (χ0) is 13.2. The predicted octanol–water partition coefficient (Wildman–Crippen LogP) is 0.547. The molecule has 7 nitrogen and oxygen atoms in total. The molecule has 2 aromatic rings. The van der Waals surface area contributed by atoms with Crippen molar-refractivity contribution < 1.29 is 22.5 Å². The van der Waals surface area contributed by atoms with Crippen molar-refractivity contribution in [1.29, 1.82) is 0 Å². The average Bonchev–Trinajstić information content (AvgIpc) is 2.95. The maximum atomic E-state index is 12.0. The number of furan rings is 1. The number of aliphatic hydroxyl groups excluding tert-OH is 1. The van der Waals surface area contributed by atoms with Crippen LogP contribution in [0.25, 0.3) is 0 Å². The summed E-state index contributed by atoms with van der Waals surface area (Å²) in [5, 5.41) is 12.5. The summed E-state index contributed by atoms with van der Waals surface area (Å²) < 4.78 is 36.0. The molecule has 18 heavy (non-hydrogen) atoms. The minimum absolute atomic E-state index is 0.00930. The van der Waals surface area contributed by atoms with Gasteiger partial charge in [-0.25, -0.2) is 13.1 Å². The molecule has 0 spiro atoms. The monoisotopic (exact) mass is 272 g/mol. The first-order valence-corrected chi connectivity index (χ1v) is 6.60. The summed E-state index contributed by atoms with van der Waals surface area (Å²) in [7, 11) is -3.69. The van der Waals surface area contributed by atoms with E-state index >= 15 is 0 Å². The van der Waals surface area contributed by atoms with Crippen LogP contribution >= 0.6 is 0 Å². The van der Waals surface area contributed by atoms with Crippen molar-refractivity contribution in [1.82, 2.24) is 9.88 Å². The van der Waals surface area contributed by atoms with Gasteiger partial charge < -0.3 is 14.0 Å². The van der Waals surface area contributed by atoms with Gasteiger partial charge in [-0.05, 0) is 6.92 Å². The summed E-state index contributed by atoms with van der Waals surface area (Å²) in [5.41, 5.74) is 0.474. The molecule has 0 amide bonds. The third-order valence-corrected chi connectivity index (χ3v) is 3.81. The van der Waals surface area contributed by atoms with E-state index in [2.05, 4.69) is 14.4 Å². The Kier molecular flexibility index (Phi) is 3.50. The first kappa shape index (κ1) is 12.8. The lowest BCUT2D eigenvalue weighted by Crippen LogP contribution is -2.23. The Labute approximate surface area is 103 Å². The van der Waals surface area contributed by atoms with E-state index in [1.807, 2.05) is 0 Å². The highest BCUT2D eigenvalue weighted by Gasteiger charge is 2.21. The highest BCUT2D eigenvalue weighted by molar-refractivity contribution is 7.89. The molecular weight excluding hydrogens is 260 g/mol. The van der Waals surface area contributed by atoms with Crippen molar-refractivity contribution in [3.8, 4) is 0 Å². The molecule has 0 aromatic carbocycles. The summed E-state index contributed by atoms with van der Waals surface area (Å²) in [6, 6.07) is 2.85. The van der Waals surface area contributed by atoms with Crippen LogP contribution in [-0.2, 0) is 23.2 Å². The highest BCUT2D eigenvalue weighted by Crippen LogP contribution is 2.20. The van der Waals surface area contributed by atoms with Crippen LogP contribution < -0.4 is 4.72 Å². The first-order valence-electron chi connectivity index (χ1n) is 5.12. The molecule has 0 saturated heterocycles. The minimum Gasteiger partial charge on any atom is -0.462 e. The first-order chi connectivity index (χ1) is 8.53. The normalized spacial score (nSPS) is 11.9. The molecule has 0 bridgehead atoms. The molecule has 2 aromatic heterocycles. The number of aliphatic hydroxyl groups is 1. The zero-order valence-corrected chi connectivity index (χ0v) is 10.4. The van der Waals surface area contributed by atoms with Gasteiger partial charge in [-0.15, -0.1) is 0 Å². The molecule has 0 radical (unpaired) electrons. The molecule has 0 fully saturated rings. The van der Waals surface area contributed by atoms with Gasteiger partial charge in [-0.2, -0.15) is 0 Å². The van der Waals surface area contributed by atoms with Gasteiger partial charge in [0.05, 0.1) is 12.2 Å². The van der Waals surface area contributed by atoms with E-state index in [1.165, 1.54) is 19.3 Å². The lowest BCUT2D eigenvalue weighted by atomic mass is 10.4. The standard InChI is InChI=1S/C10H12N2O5S/c1-7-10(4-9(6-13)17-7)18(14,15)11-5-8-2-3-16-12-8/h2-4,11,13H,5-6H2,1H3. The Hall–Kier alpha value is -1.64. The van der Waals surface area contributed by atoms with Gasteiger partial charge in [0.25, 0.3) is 0 Å².